The van der Waals surface area contributed by atoms with Gasteiger partial charge in [-0.2, -0.15) is 13.2 Å². The zero-order valence-corrected chi connectivity index (χ0v) is 13.2. The van der Waals surface area contributed by atoms with E-state index in [1.165, 1.54) is 12.1 Å². The summed E-state index contributed by atoms with van der Waals surface area (Å²) < 4.78 is 38.0. The first-order valence-corrected chi connectivity index (χ1v) is 7.92. The van der Waals surface area contributed by atoms with E-state index >= 15 is 0 Å². The second-order valence-electron chi connectivity index (χ2n) is 4.36. The van der Waals surface area contributed by atoms with Crippen molar-refractivity contribution >= 4 is 40.5 Å². The van der Waals surface area contributed by atoms with Gasteiger partial charge in [0.05, 0.1) is 11.3 Å². The summed E-state index contributed by atoms with van der Waals surface area (Å²) in [6.07, 6.45) is -2.44. The average molecular weight is 342 g/mol. The number of thioether (sulfide) groups is 1. The highest BCUT2D eigenvalue weighted by atomic mass is 32.2. The molecule has 0 aliphatic heterocycles. The molecule has 2 nitrogen and oxygen atoms in total. The van der Waals surface area contributed by atoms with Gasteiger partial charge in [-0.05, 0) is 48.8 Å². The summed E-state index contributed by atoms with van der Waals surface area (Å²) in [5, 5.41) is 5.99. The largest absolute Gasteiger partial charge is 0.416 e. The number of hydrogen-bond acceptors (Lipinski definition) is 2. The maximum atomic E-state index is 12.7. The van der Waals surface area contributed by atoms with Gasteiger partial charge in [-0.3, -0.25) is 0 Å². The van der Waals surface area contributed by atoms with E-state index < -0.39 is 11.7 Å². The zero-order valence-electron chi connectivity index (χ0n) is 11.6. The number of anilines is 2. The van der Waals surface area contributed by atoms with Gasteiger partial charge in [-0.15, -0.1) is 11.8 Å². The van der Waals surface area contributed by atoms with Crippen LogP contribution in [0.2, 0.25) is 0 Å². The molecule has 0 aliphatic carbocycles. The molecule has 0 spiro atoms. The lowest BCUT2D eigenvalue weighted by Crippen LogP contribution is -2.19. The Balaban J connectivity index is 2.09. The Hall–Kier alpha value is -1.73. The predicted molar refractivity (Wildman–Crippen MR) is 89.5 cm³/mol. The lowest BCUT2D eigenvalue weighted by atomic mass is 10.2. The fourth-order valence-electron chi connectivity index (χ4n) is 1.81. The van der Waals surface area contributed by atoms with Crippen LogP contribution in [0.3, 0.4) is 0 Å². The quantitative estimate of drug-likeness (QED) is 0.589. The van der Waals surface area contributed by atoms with E-state index in [-0.39, 0.29) is 10.8 Å². The van der Waals surface area contributed by atoms with Gasteiger partial charge in [0.1, 0.15) is 0 Å². The molecule has 0 aliphatic rings. The summed E-state index contributed by atoms with van der Waals surface area (Å²) in [5.41, 5.74) is 0.373. The number of hydrogen-bond donors (Lipinski definition) is 2. The first kappa shape index (κ1) is 16.6. The molecule has 2 aromatic carbocycles. The maximum Gasteiger partial charge on any atom is 0.416 e. The summed E-state index contributed by atoms with van der Waals surface area (Å²) >= 11 is 6.70. The first-order chi connectivity index (χ1) is 10.4. The molecule has 0 atom stereocenters. The fraction of sp³-hybridized carbons (Fsp3) is 0.133. The topological polar surface area (TPSA) is 24.1 Å². The van der Waals surface area contributed by atoms with Gasteiger partial charge >= 0.3 is 6.18 Å². The number of alkyl halides is 3. The normalized spacial score (nSPS) is 11.1. The van der Waals surface area contributed by atoms with Gasteiger partial charge in [-0.1, -0.05) is 18.2 Å². The van der Waals surface area contributed by atoms with E-state index in [0.29, 0.717) is 0 Å². The van der Waals surface area contributed by atoms with Crippen molar-refractivity contribution in [1.29, 1.82) is 0 Å². The molecule has 2 N–H and O–H groups in total. The molecule has 22 heavy (non-hydrogen) atoms. The van der Waals surface area contributed by atoms with Gasteiger partial charge in [0.15, 0.2) is 5.11 Å². The van der Waals surface area contributed by atoms with Crippen LogP contribution in [-0.4, -0.2) is 11.4 Å². The van der Waals surface area contributed by atoms with Crippen molar-refractivity contribution in [3.05, 3.63) is 54.1 Å². The van der Waals surface area contributed by atoms with Crippen molar-refractivity contribution in [2.24, 2.45) is 0 Å². The highest BCUT2D eigenvalue weighted by Gasteiger charge is 2.30. The van der Waals surface area contributed by atoms with Crippen molar-refractivity contribution < 1.29 is 13.2 Å². The third kappa shape index (κ3) is 4.38. The van der Waals surface area contributed by atoms with Gasteiger partial charge in [0.25, 0.3) is 0 Å². The zero-order chi connectivity index (χ0) is 16.2. The molecule has 0 radical (unpaired) electrons. The molecule has 0 bridgehead atoms. The SMILES string of the molecule is CSc1ccccc1NC(=S)Nc1cccc(C(F)(F)F)c1. The van der Waals surface area contributed by atoms with Gasteiger partial charge < -0.3 is 10.6 Å². The monoisotopic (exact) mass is 342 g/mol. The minimum atomic E-state index is -4.38. The molecule has 116 valence electrons. The smallest absolute Gasteiger partial charge is 0.332 e. The number of nitrogens with one attached hydrogen (secondary N) is 2. The van der Waals surface area contributed by atoms with Gasteiger partial charge in [-0.25, -0.2) is 0 Å². The Morgan fingerprint density at radius 2 is 1.77 bits per heavy atom. The third-order valence-electron chi connectivity index (χ3n) is 2.80. The van der Waals surface area contributed by atoms with Crippen LogP contribution in [0, 0.1) is 0 Å². The standard InChI is InChI=1S/C15H13F3N2S2/c1-22-13-8-3-2-7-12(13)20-14(21)19-11-6-4-5-10(9-11)15(16,17)18/h2-9H,1H3,(H2,19,20,21). The Morgan fingerprint density at radius 3 is 2.45 bits per heavy atom. The predicted octanol–water partition coefficient (Wildman–Crippen LogP) is 5.24. The maximum absolute atomic E-state index is 12.7. The molecule has 0 fully saturated rings. The molecule has 0 aromatic heterocycles. The van der Waals surface area contributed by atoms with E-state index in [1.54, 1.807) is 11.8 Å². The summed E-state index contributed by atoms with van der Waals surface area (Å²) in [4.78, 5) is 0.996. The van der Waals surface area contributed by atoms with E-state index in [1.807, 2.05) is 30.5 Å². The van der Waals surface area contributed by atoms with Crippen LogP contribution in [-0.2, 0) is 6.18 Å². The number of benzene rings is 2. The highest BCUT2D eigenvalue weighted by molar-refractivity contribution is 7.98. The van der Waals surface area contributed by atoms with E-state index in [4.69, 9.17) is 12.2 Å². The molecule has 2 rings (SSSR count). The summed E-state index contributed by atoms with van der Waals surface area (Å²) in [7, 11) is 0. The molecule has 0 saturated heterocycles. The first-order valence-electron chi connectivity index (χ1n) is 6.28. The molecule has 0 unspecified atom stereocenters. The fourth-order valence-corrected chi connectivity index (χ4v) is 2.59. The van der Waals surface area contributed by atoms with Crippen LogP contribution in [0.4, 0.5) is 24.5 Å². The van der Waals surface area contributed by atoms with Crippen LogP contribution in [0.25, 0.3) is 0 Å². The molecular formula is C15H13F3N2S2. The lowest BCUT2D eigenvalue weighted by molar-refractivity contribution is -0.137. The van der Waals surface area contributed by atoms with Crippen LogP contribution < -0.4 is 10.6 Å². The molecule has 2 aromatic rings. The number of rotatable bonds is 3. The van der Waals surface area contributed by atoms with Crippen molar-refractivity contribution in [2.45, 2.75) is 11.1 Å². The summed E-state index contributed by atoms with van der Waals surface area (Å²) in [6, 6.07) is 12.5. The Labute approximate surface area is 136 Å². The molecule has 0 amide bonds. The lowest BCUT2D eigenvalue weighted by Gasteiger charge is -2.14. The van der Waals surface area contributed by atoms with Crippen LogP contribution in [0.5, 0.6) is 0 Å². The molecular weight excluding hydrogens is 329 g/mol. The second kappa shape index (κ2) is 7.02. The van der Waals surface area contributed by atoms with Crippen LogP contribution in [0.15, 0.2) is 53.4 Å². The van der Waals surface area contributed by atoms with E-state index in [9.17, 15) is 13.2 Å². The Bertz CT molecular complexity index is 672. The van der Waals surface area contributed by atoms with Gasteiger partial charge in [0, 0.05) is 10.6 Å². The Kier molecular flexibility index (Phi) is 5.31. The van der Waals surface area contributed by atoms with Gasteiger partial charge in [0.2, 0.25) is 0 Å². The van der Waals surface area contributed by atoms with Crippen molar-refractivity contribution in [3.63, 3.8) is 0 Å². The summed E-state index contributed by atoms with van der Waals surface area (Å²) in [5.74, 6) is 0. The molecule has 0 saturated carbocycles. The summed E-state index contributed by atoms with van der Waals surface area (Å²) in [6.45, 7) is 0. The van der Waals surface area contributed by atoms with E-state index in [0.717, 1.165) is 22.7 Å². The van der Waals surface area contributed by atoms with Crippen LogP contribution >= 0.6 is 24.0 Å². The average Bonchev–Trinajstić information content (AvgIpc) is 2.47. The van der Waals surface area contributed by atoms with Crippen molar-refractivity contribution in [2.75, 3.05) is 16.9 Å². The molecule has 0 heterocycles. The third-order valence-corrected chi connectivity index (χ3v) is 3.80. The van der Waals surface area contributed by atoms with Crippen molar-refractivity contribution in [1.82, 2.24) is 0 Å². The number of thiocarbonyl (C=S) groups is 1. The Morgan fingerprint density at radius 1 is 1.05 bits per heavy atom. The number of para-hydroxylation sites is 1. The second-order valence-corrected chi connectivity index (χ2v) is 5.61. The molecule has 7 heteroatoms. The van der Waals surface area contributed by atoms with Crippen molar-refractivity contribution in [3.8, 4) is 0 Å². The van der Waals surface area contributed by atoms with Crippen LogP contribution in [0.1, 0.15) is 5.56 Å². The van der Waals surface area contributed by atoms with E-state index in [2.05, 4.69) is 10.6 Å². The minimum Gasteiger partial charge on any atom is -0.332 e. The number of halogens is 3. The minimum absolute atomic E-state index is 0.237. The highest BCUT2D eigenvalue weighted by Crippen LogP contribution is 2.31.